The zero-order valence-corrected chi connectivity index (χ0v) is 14.3. The number of aromatic nitrogens is 2. The molecule has 5 nitrogen and oxygen atoms in total. The molecule has 0 atom stereocenters. The molecule has 1 N–H and O–H groups in total. The number of amides is 1. The largest absolute Gasteiger partial charge is 0.355 e. The molecule has 0 radical (unpaired) electrons. The van der Waals surface area contributed by atoms with E-state index in [1.54, 1.807) is 6.07 Å². The van der Waals surface area contributed by atoms with Crippen LogP contribution in [0.3, 0.4) is 0 Å². The first-order chi connectivity index (χ1) is 12.1. The zero-order chi connectivity index (χ0) is 17.6. The molecule has 0 aliphatic rings. The van der Waals surface area contributed by atoms with Crippen molar-refractivity contribution in [2.75, 3.05) is 17.3 Å². The fourth-order valence-electron chi connectivity index (χ4n) is 2.45. The lowest BCUT2D eigenvalue weighted by Gasteiger charge is -2.18. The minimum atomic E-state index is -0.249. The second-order valence-corrected chi connectivity index (χ2v) is 5.92. The van der Waals surface area contributed by atoms with Crippen LogP contribution in [0.25, 0.3) is 0 Å². The average molecular weight is 332 g/mol. The van der Waals surface area contributed by atoms with Crippen LogP contribution in [0.2, 0.25) is 0 Å². The second kappa shape index (κ2) is 7.57. The van der Waals surface area contributed by atoms with Crippen molar-refractivity contribution in [2.45, 2.75) is 13.5 Å². The van der Waals surface area contributed by atoms with Crippen LogP contribution in [0.4, 0.5) is 11.5 Å². The summed E-state index contributed by atoms with van der Waals surface area (Å²) >= 11 is 0. The number of carbonyl (C=O) groups is 1. The molecule has 1 aromatic heterocycles. The highest BCUT2D eigenvalue weighted by Crippen LogP contribution is 2.15. The zero-order valence-electron chi connectivity index (χ0n) is 14.3. The number of carbonyl (C=O) groups excluding carboxylic acids is 1. The maximum Gasteiger partial charge on any atom is 0.274 e. The Morgan fingerprint density at radius 1 is 1.04 bits per heavy atom. The predicted molar refractivity (Wildman–Crippen MR) is 99.7 cm³/mol. The van der Waals surface area contributed by atoms with Crippen molar-refractivity contribution in [1.29, 1.82) is 0 Å². The van der Waals surface area contributed by atoms with Crippen molar-refractivity contribution in [3.05, 3.63) is 83.8 Å². The van der Waals surface area contributed by atoms with E-state index >= 15 is 0 Å². The van der Waals surface area contributed by atoms with E-state index in [9.17, 15) is 4.79 Å². The molecule has 0 saturated heterocycles. The standard InChI is InChI=1S/C20H20N4O/c1-15-8-10-17(11-9-15)23-20(25)18-12-19(22-14-21-18)24(2)13-16-6-4-3-5-7-16/h3-12,14H,13H2,1-2H3,(H,23,25). The molecule has 1 heterocycles. The third kappa shape index (κ3) is 4.41. The fraction of sp³-hybridized carbons (Fsp3) is 0.150. The Balaban J connectivity index is 1.72. The molecule has 3 aromatic rings. The van der Waals surface area contributed by atoms with E-state index in [-0.39, 0.29) is 5.91 Å². The lowest BCUT2D eigenvalue weighted by Crippen LogP contribution is -2.20. The number of nitrogens with zero attached hydrogens (tertiary/aromatic N) is 3. The molecule has 126 valence electrons. The predicted octanol–water partition coefficient (Wildman–Crippen LogP) is 3.67. The van der Waals surface area contributed by atoms with Gasteiger partial charge in [-0.3, -0.25) is 4.79 Å². The van der Waals surface area contributed by atoms with Crippen molar-refractivity contribution >= 4 is 17.4 Å². The van der Waals surface area contributed by atoms with Gasteiger partial charge >= 0.3 is 0 Å². The summed E-state index contributed by atoms with van der Waals surface area (Å²) in [4.78, 5) is 22.8. The van der Waals surface area contributed by atoms with Gasteiger partial charge in [-0.05, 0) is 24.6 Å². The van der Waals surface area contributed by atoms with Crippen molar-refractivity contribution in [2.24, 2.45) is 0 Å². The number of rotatable bonds is 5. The van der Waals surface area contributed by atoms with Crippen LogP contribution in [0.1, 0.15) is 21.6 Å². The summed E-state index contributed by atoms with van der Waals surface area (Å²) in [5, 5.41) is 2.85. The van der Waals surface area contributed by atoms with E-state index in [2.05, 4.69) is 27.4 Å². The van der Waals surface area contributed by atoms with Crippen LogP contribution in [0.15, 0.2) is 67.0 Å². The SMILES string of the molecule is Cc1ccc(NC(=O)c2cc(N(C)Cc3ccccc3)ncn2)cc1. The molecule has 0 bridgehead atoms. The molecular weight excluding hydrogens is 312 g/mol. The van der Waals surface area contributed by atoms with Gasteiger partial charge in [0.2, 0.25) is 0 Å². The molecule has 1 amide bonds. The van der Waals surface area contributed by atoms with E-state index in [4.69, 9.17) is 0 Å². The summed E-state index contributed by atoms with van der Waals surface area (Å²) in [5.74, 6) is 0.452. The van der Waals surface area contributed by atoms with Gasteiger partial charge in [0.05, 0.1) is 0 Å². The maximum atomic E-state index is 12.4. The molecule has 0 saturated carbocycles. The summed E-state index contributed by atoms with van der Waals surface area (Å²) in [6.07, 6.45) is 1.42. The van der Waals surface area contributed by atoms with Gasteiger partial charge in [-0.1, -0.05) is 48.0 Å². The Hall–Kier alpha value is -3.21. The smallest absolute Gasteiger partial charge is 0.274 e. The highest BCUT2D eigenvalue weighted by molar-refractivity contribution is 6.03. The Morgan fingerprint density at radius 3 is 2.48 bits per heavy atom. The Bertz CT molecular complexity index is 847. The summed E-state index contributed by atoms with van der Waals surface area (Å²) < 4.78 is 0. The van der Waals surface area contributed by atoms with Gasteiger partial charge in [-0.2, -0.15) is 0 Å². The Kier molecular flexibility index (Phi) is 5.04. The Morgan fingerprint density at radius 2 is 1.76 bits per heavy atom. The highest BCUT2D eigenvalue weighted by atomic mass is 16.1. The molecule has 0 aliphatic heterocycles. The van der Waals surface area contributed by atoms with Gasteiger partial charge in [0.1, 0.15) is 17.8 Å². The summed E-state index contributed by atoms with van der Waals surface area (Å²) in [6.45, 7) is 2.71. The summed E-state index contributed by atoms with van der Waals surface area (Å²) in [5.41, 5.74) is 3.40. The van der Waals surface area contributed by atoms with E-state index in [1.807, 2.05) is 61.3 Å². The molecule has 0 fully saturated rings. The topological polar surface area (TPSA) is 58.1 Å². The van der Waals surface area contributed by atoms with Crippen molar-refractivity contribution in [3.63, 3.8) is 0 Å². The second-order valence-electron chi connectivity index (χ2n) is 5.92. The first-order valence-electron chi connectivity index (χ1n) is 8.07. The van der Waals surface area contributed by atoms with Crippen LogP contribution in [0, 0.1) is 6.92 Å². The van der Waals surface area contributed by atoms with E-state index < -0.39 is 0 Å². The summed E-state index contributed by atoms with van der Waals surface area (Å²) in [7, 11) is 1.94. The molecule has 25 heavy (non-hydrogen) atoms. The molecule has 0 unspecified atom stereocenters. The van der Waals surface area contributed by atoms with Crippen LogP contribution in [0.5, 0.6) is 0 Å². The number of benzene rings is 2. The van der Waals surface area contributed by atoms with E-state index in [0.717, 1.165) is 11.3 Å². The molecule has 5 heteroatoms. The minimum absolute atomic E-state index is 0.249. The fourth-order valence-corrected chi connectivity index (χ4v) is 2.45. The van der Waals surface area contributed by atoms with E-state index in [0.29, 0.717) is 18.1 Å². The number of hydrogen-bond donors (Lipinski definition) is 1. The number of anilines is 2. The molecule has 0 spiro atoms. The van der Waals surface area contributed by atoms with Gasteiger partial charge in [-0.25, -0.2) is 9.97 Å². The number of hydrogen-bond acceptors (Lipinski definition) is 4. The first-order valence-corrected chi connectivity index (χ1v) is 8.07. The van der Waals surface area contributed by atoms with Crippen LogP contribution in [-0.2, 0) is 6.54 Å². The quantitative estimate of drug-likeness (QED) is 0.774. The third-order valence-electron chi connectivity index (χ3n) is 3.85. The van der Waals surface area contributed by atoms with Crippen molar-refractivity contribution in [3.8, 4) is 0 Å². The van der Waals surface area contributed by atoms with Gasteiger partial charge < -0.3 is 10.2 Å². The molecular formula is C20H20N4O. The first kappa shape index (κ1) is 16.6. The third-order valence-corrected chi connectivity index (χ3v) is 3.85. The van der Waals surface area contributed by atoms with Crippen LogP contribution < -0.4 is 10.2 Å². The van der Waals surface area contributed by atoms with Gasteiger partial charge in [0, 0.05) is 25.3 Å². The van der Waals surface area contributed by atoms with Gasteiger partial charge in [0.15, 0.2) is 0 Å². The van der Waals surface area contributed by atoms with E-state index in [1.165, 1.54) is 11.9 Å². The molecule has 0 aliphatic carbocycles. The maximum absolute atomic E-state index is 12.4. The lowest BCUT2D eigenvalue weighted by atomic mass is 10.2. The molecule has 2 aromatic carbocycles. The highest BCUT2D eigenvalue weighted by Gasteiger charge is 2.11. The number of aryl methyl sites for hydroxylation is 1. The van der Waals surface area contributed by atoms with Crippen LogP contribution >= 0.6 is 0 Å². The Labute approximate surface area is 147 Å². The minimum Gasteiger partial charge on any atom is -0.355 e. The van der Waals surface area contributed by atoms with Gasteiger partial charge in [-0.15, -0.1) is 0 Å². The lowest BCUT2D eigenvalue weighted by molar-refractivity contribution is 0.102. The normalized spacial score (nSPS) is 10.3. The monoisotopic (exact) mass is 332 g/mol. The number of nitrogens with one attached hydrogen (secondary N) is 1. The van der Waals surface area contributed by atoms with Crippen LogP contribution in [-0.4, -0.2) is 22.9 Å². The van der Waals surface area contributed by atoms with Crippen molar-refractivity contribution < 1.29 is 4.79 Å². The van der Waals surface area contributed by atoms with Crippen molar-refractivity contribution in [1.82, 2.24) is 9.97 Å². The summed E-state index contributed by atoms with van der Waals surface area (Å²) in [6, 6.07) is 19.5. The van der Waals surface area contributed by atoms with Gasteiger partial charge in [0.25, 0.3) is 5.91 Å². The molecule has 3 rings (SSSR count). The average Bonchev–Trinajstić information content (AvgIpc) is 2.64.